The van der Waals surface area contributed by atoms with Crippen LogP contribution in [0.4, 0.5) is 11.4 Å². The van der Waals surface area contributed by atoms with E-state index in [4.69, 9.17) is 4.74 Å². The van der Waals surface area contributed by atoms with E-state index in [-0.39, 0.29) is 35.3 Å². The highest BCUT2D eigenvalue weighted by molar-refractivity contribution is 6.26. The van der Waals surface area contributed by atoms with Gasteiger partial charge in [0.25, 0.3) is 11.5 Å². The van der Waals surface area contributed by atoms with E-state index in [1.807, 2.05) is 32.0 Å². The molecule has 0 aliphatic carbocycles. The van der Waals surface area contributed by atoms with E-state index in [1.165, 1.54) is 4.68 Å². The molecule has 2 heterocycles. The molecular weight excluding hydrogens is 434 g/mol. The molecule has 0 bridgehead atoms. The number of carbonyl (C=O) groups is 2. The largest absolute Gasteiger partial charge is 0.462 e. The molecule has 0 fully saturated rings. The highest BCUT2D eigenvalue weighted by atomic mass is 16.5. The van der Waals surface area contributed by atoms with Gasteiger partial charge in [0.05, 0.1) is 29.4 Å². The Bertz CT molecular complexity index is 1420. The number of fused-ring (bicyclic) bond motifs is 2. The van der Waals surface area contributed by atoms with Gasteiger partial charge in [-0.1, -0.05) is 30.3 Å². The fourth-order valence-corrected chi connectivity index (χ4v) is 3.73. The molecular formula is C25H25N5O4. The van der Waals surface area contributed by atoms with Gasteiger partial charge in [0.1, 0.15) is 11.4 Å². The molecule has 4 rings (SSSR count). The van der Waals surface area contributed by atoms with Crippen LogP contribution in [0.25, 0.3) is 10.8 Å². The van der Waals surface area contributed by atoms with Crippen molar-refractivity contribution >= 4 is 39.9 Å². The summed E-state index contributed by atoms with van der Waals surface area (Å²) in [4.78, 5) is 43.7. The number of esters is 1. The van der Waals surface area contributed by atoms with Crippen LogP contribution < -0.4 is 16.2 Å². The maximum atomic E-state index is 13.5. The molecule has 174 valence electrons. The molecule has 0 radical (unpaired) electrons. The Kier molecular flexibility index (Phi) is 6.27. The molecule has 1 amide bonds. The number of benzene rings is 2. The third-order valence-electron chi connectivity index (χ3n) is 5.31. The standard InChI is InChI=1S/C25H25N5O4/c1-5-34-25(33)20-15(4)26-18-12-8-9-13-19(18)27-22(20)28-23(31)21-16-10-6-7-11-17(16)24(32)30(29-21)14(2)3/h6-14,26H,5H2,1-4H3,(H,27,28,31). The molecule has 1 aromatic heterocycles. The number of nitrogens with zero attached hydrogens (tertiary/aromatic N) is 3. The zero-order chi connectivity index (χ0) is 24.4. The van der Waals surface area contributed by atoms with Crippen LogP contribution in [0.1, 0.15) is 44.2 Å². The van der Waals surface area contributed by atoms with Crippen molar-refractivity contribution in [1.29, 1.82) is 0 Å². The molecule has 0 spiro atoms. The van der Waals surface area contributed by atoms with Gasteiger partial charge >= 0.3 is 5.97 Å². The number of aliphatic imine (C=N–C) groups is 1. The maximum Gasteiger partial charge on any atom is 0.343 e. The summed E-state index contributed by atoms with van der Waals surface area (Å²) < 4.78 is 6.50. The van der Waals surface area contributed by atoms with Crippen LogP contribution >= 0.6 is 0 Å². The van der Waals surface area contributed by atoms with Gasteiger partial charge in [-0.25, -0.2) is 14.5 Å². The lowest BCUT2D eigenvalue weighted by Gasteiger charge is -2.15. The second-order valence-corrected chi connectivity index (χ2v) is 8.01. The number of aromatic nitrogens is 2. The number of anilines is 1. The Morgan fingerprint density at radius 2 is 1.76 bits per heavy atom. The highest BCUT2D eigenvalue weighted by Crippen LogP contribution is 2.30. The summed E-state index contributed by atoms with van der Waals surface area (Å²) >= 11 is 0. The van der Waals surface area contributed by atoms with E-state index >= 15 is 0 Å². The molecule has 9 nitrogen and oxygen atoms in total. The second kappa shape index (κ2) is 9.30. The first kappa shape index (κ1) is 22.9. The summed E-state index contributed by atoms with van der Waals surface area (Å²) in [5, 5.41) is 11.1. The minimum absolute atomic E-state index is 0.0339. The lowest BCUT2D eigenvalue weighted by molar-refractivity contribution is -0.137. The monoisotopic (exact) mass is 459 g/mol. The Balaban J connectivity index is 1.85. The number of ether oxygens (including phenoxy) is 1. The number of hydrogen-bond acceptors (Lipinski definition) is 7. The molecule has 1 aliphatic heterocycles. The zero-order valence-corrected chi connectivity index (χ0v) is 19.4. The van der Waals surface area contributed by atoms with Gasteiger partial charge in [-0.15, -0.1) is 0 Å². The van der Waals surface area contributed by atoms with E-state index in [2.05, 4.69) is 20.7 Å². The predicted molar refractivity (Wildman–Crippen MR) is 130 cm³/mol. The fourth-order valence-electron chi connectivity index (χ4n) is 3.73. The first-order valence-electron chi connectivity index (χ1n) is 11.0. The summed E-state index contributed by atoms with van der Waals surface area (Å²) in [5.41, 5.74) is 1.58. The maximum absolute atomic E-state index is 13.5. The van der Waals surface area contributed by atoms with Gasteiger partial charge in [-0.05, 0) is 45.9 Å². The number of rotatable bonds is 4. The van der Waals surface area contributed by atoms with Gasteiger partial charge in [0, 0.05) is 11.1 Å². The average molecular weight is 460 g/mol. The number of amidine groups is 1. The van der Waals surface area contributed by atoms with Crippen LogP contribution in [0.5, 0.6) is 0 Å². The molecule has 0 saturated heterocycles. The molecule has 0 saturated carbocycles. The molecule has 2 N–H and O–H groups in total. The van der Waals surface area contributed by atoms with E-state index in [1.54, 1.807) is 44.2 Å². The molecule has 0 unspecified atom stereocenters. The van der Waals surface area contributed by atoms with Gasteiger partial charge in [0.15, 0.2) is 5.69 Å². The Morgan fingerprint density at radius 3 is 2.47 bits per heavy atom. The Hall–Kier alpha value is -4.27. The van der Waals surface area contributed by atoms with E-state index in [9.17, 15) is 14.4 Å². The van der Waals surface area contributed by atoms with Crippen LogP contribution in [-0.4, -0.2) is 34.1 Å². The number of amides is 1. The fraction of sp³-hybridized carbons (Fsp3) is 0.240. The molecule has 2 aromatic carbocycles. The minimum Gasteiger partial charge on any atom is -0.462 e. The van der Waals surface area contributed by atoms with Crippen LogP contribution in [0, 0.1) is 0 Å². The van der Waals surface area contributed by atoms with E-state index < -0.39 is 11.9 Å². The molecule has 1 aliphatic rings. The van der Waals surface area contributed by atoms with Crippen molar-refractivity contribution in [2.45, 2.75) is 33.7 Å². The summed E-state index contributed by atoms with van der Waals surface area (Å²) in [6.45, 7) is 7.20. The number of para-hydroxylation sites is 2. The smallest absolute Gasteiger partial charge is 0.343 e. The number of carbonyl (C=O) groups excluding carboxylic acids is 2. The van der Waals surface area contributed by atoms with Crippen molar-refractivity contribution in [2.75, 3.05) is 11.9 Å². The van der Waals surface area contributed by atoms with Gasteiger partial charge in [-0.3, -0.25) is 9.59 Å². The Morgan fingerprint density at radius 1 is 1.09 bits per heavy atom. The molecule has 0 atom stereocenters. The summed E-state index contributed by atoms with van der Waals surface area (Å²) in [6, 6.07) is 13.8. The summed E-state index contributed by atoms with van der Waals surface area (Å²) in [6.07, 6.45) is 0. The van der Waals surface area contributed by atoms with Gasteiger partial charge in [-0.2, -0.15) is 5.10 Å². The number of nitrogens with one attached hydrogen (secondary N) is 2. The van der Waals surface area contributed by atoms with E-state index in [0.29, 0.717) is 27.8 Å². The third-order valence-corrected chi connectivity index (χ3v) is 5.31. The quantitative estimate of drug-likeness (QED) is 0.575. The third kappa shape index (κ3) is 4.19. The van der Waals surface area contributed by atoms with E-state index in [0.717, 1.165) is 0 Å². The first-order chi connectivity index (χ1) is 16.3. The van der Waals surface area contributed by atoms with Crippen molar-refractivity contribution in [3.63, 3.8) is 0 Å². The van der Waals surface area contributed by atoms with Crippen LogP contribution in [0.3, 0.4) is 0 Å². The van der Waals surface area contributed by atoms with Crippen molar-refractivity contribution in [3.05, 3.63) is 75.8 Å². The van der Waals surface area contributed by atoms with Crippen LogP contribution in [-0.2, 0) is 9.53 Å². The van der Waals surface area contributed by atoms with Crippen LogP contribution in [0.2, 0.25) is 0 Å². The van der Waals surface area contributed by atoms with Gasteiger partial charge < -0.3 is 15.4 Å². The normalized spacial score (nSPS) is 13.1. The topological polar surface area (TPSA) is 115 Å². The van der Waals surface area contributed by atoms with Crippen molar-refractivity contribution < 1.29 is 14.3 Å². The SMILES string of the molecule is CCOC(=O)C1=C(C)Nc2ccccc2N=C1NC(=O)c1nn(C(C)C)c(=O)c2ccccc12. The summed E-state index contributed by atoms with van der Waals surface area (Å²) in [7, 11) is 0. The lowest BCUT2D eigenvalue weighted by atomic mass is 10.1. The zero-order valence-electron chi connectivity index (χ0n) is 19.4. The molecule has 9 heteroatoms. The molecule has 3 aromatic rings. The van der Waals surface area contributed by atoms with Crippen molar-refractivity contribution in [2.24, 2.45) is 4.99 Å². The Labute approximate surface area is 196 Å². The summed E-state index contributed by atoms with van der Waals surface area (Å²) in [5.74, 6) is -1.19. The highest BCUT2D eigenvalue weighted by Gasteiger charge is 2.27. The van der Waals surface area contributed by atoms with Gasteiger partial charge in [0.2, 0.25) is 0 Å². The number of hydrogen-bond donors (Lipinski definition) is 2. The minimum atomic E-state index is -0.621. The first-order valence-corrected chi connectivity index (χ1v) is 11.0. The van der Waals surface area contributed by atoms with Crippen molar-refractivity contribution in [3.8, 4) is 0 Å². The predicted octanol–water partition coefficient (Wildman–Crippen LogP) is 3.70. The lowest BCUT2D eigenvalue weighted by Crippen LogP contribution is -2.37. The molecule has 34 heavy (non-hydrogen) atoms. The number of allylic oxidation sites excluding steroid dienone is 1. The van der Waals surface area contributed by atoms with Crippen molar-refractivity contribution in [1.82, 2.24) is 15.1 Å². The van der Waals surface area contributed by atoms with Crippen LogP contribution in [0.15, 0.2) is 69.6 Å². The average Bonchev–Trinajstić information content (AvgIpc) is 2.94. The second-order valence-electron chi connectivity index (χ2n) is 8.01.